The molecule has 3 nitrogen and oxygen atoms in total. The van der Waals surface area contributed by atoms with Crippen LogP contribution in [0.15, 0.2) is 24.3 Å². The van der Waals surface area contributed by atoms with Gasteiger partial charge in [-0.1, -0.05) is 18.6 Å². The molecule has 2 fully saturated rings. The highest BCUT2D eigenvalue weighted by molar-refractivity contribution is 5.89. The van der Waals surface area contributed by atoms with Gasteiger partial charge in [-0.05, 0) is 68.6 Å². The zero-order valence-corrected chi connectivity index (χ0v) is 12.4. The van der Waals surface area contributed by atoms with Crippen molar-refractivity contribution in [1.29, 1.82) is 0 Å². The van der Waals surface area contributed by atoms with Crippen molar-refractivity contribution < 1.29 is 4.79 Å². The molecule has 108 valence electrons. The number of carbonyl (C=O) groups is 1. The first kappa shape index (κ1) is 13.5. The molecular weight excluding hydrogens is 248 g/mol. The normalized spacial score (nSPS) is 29.2. The van der Waals surface area contributed by atoms with E-state index in [1.807, 2.05) is 31.2 Å². The summed E-state index contributed by atoms with van der Waals surface area (Å²) < 4.78 is 0. The van der Waals surface area contributed by atoms with Crippen LogP contribution in [0, 0.1) is 24.7 Å². The fourth-order valence-electron chi connectivity index (χ4n) is 4.11. The molecule has 0 radical (unpaired) electrons. The van der Waals surface area contributed by atoms with E-state index in [1.165, 1.54) is 25.7 Å². The predicted molar refractivity (Wildman–Crippen MR) is 81.7 cm³/mol. The van der Waals surface area contributed by atoms with E-state index in [9.17, 15) is 4.79 Å². The molecule has 2 N–H and O–H groups in total. The van der Waals surface area contributed by atoms with Gasteiger partial charge in [-0.15, -0.1) is 0 Å². The summed E-state index contributed by atoms with van der Waals surface area (Å²) in [7, 11) is 0. The summed E-state index contributed by atoms with van der Waals surface area (Å²) in [4.78, 5) is 12.1. The minimum atomic E-state index is -0.0779. The van der Waals surface area contributed by atoms with Crippen LogP contribution in [0.2, 0.25) is 0 Å². The van der Waals surface area contributed by atoms with E-state index in [-0.39, 0.29) is 12.1 Å². The fraction of sp³-hybridized carbons (Fsp3) is 0.588. The molecule has 20 heavy (non-hydrogen) atoms. The Morgan fingerprint density at radius 1 is 1.30 bits per heavy atom. The van der Waals surface area contributed by atoms with Gasteiger partial charge >= 0.3 is 6.03 Å². The Hall–Kier alpha value is -1.51. The Labute approximate surface area is 121 Å². The number of rotatable bonds is 3. The molecule has 3 rings (SSSR count). The van der Waals surface area contributed by atoms with Crippen molar-refractivity contribution in [3.05, 3.63) is 29.8 Å². The van der Waals surface area contributed by atoms with Crippen LogP contribution < -0.4 is 10.6 Å². The minimum absolute atomic E-state index is 0.0779. The molecule has 2 aliphatic carbocycles. The third-order valence-electron chi connectivity index (χ3n) is 5.07. The van der Waals surface area contributed by atoms with Gasteiger partial charge in [-0.25, -0.2) is 4.79 Å². The average molecular weight is 272 g/mol. The van der Waals surface area contributed by atoms with Crippen LogP contribution in [-0.4, -0.2) is 12.1 Å². The van der Waals surface area contributed by atoms with Crippen molar-refractivity contribution in [3.63, 3.8) is 0 Å². The standard InChI is InChI=1S/C17H24N2O/c1-11-4-3-5-15(8-11)19-17(20)18-12(2)16-10-13-6-7-14(16)9-13/h3-5,8,12-14,16H,6-7,9-10H2,1-2H3,(H2,18,19,20)/t12-,13+,14+,16-/m1/s1. The summed E-state index contributed by atoms with van der Waals surface area (Å²) in [5, 5.41) is 6.06. The second kappa shape index (κ2) is 5.47. The van der Waals surface area contributed by atoms with Crippen molar-refractivity contribution in [2.45, 2.75) is 45.6 Å². The maximum Gasteiger partial charge on any atom is 0.319 e. The number of amides is 2. The largest absolute Gasteiger partial charge is 0.335 e. The van der Waals surface area contributed by atoms with Crippen molar-refractivity contribution in [1.82, 2.24) is 5.32 Å². The van der Waals surface area contributed by atoms with E-state index in [0.717, 1.165) is 23.1 Å². The van der Waals surface area contributed by atoms with Crippen molar-refractivity contribution >= 4 is 11.7 Å². The molecule has 0 unspecified atom stereocenters. The molecule has 4 atom stereocenters. The van der Waals surface area contributed by atoms with Gasteiger partial charge < -0.3 is 10.6 Å². The fourth-order valence-corrected chi connectivity index (χ4v) is 4.11. The lowest BCUT2D eigenvalue weighted by Crippen LogP contribution is -2.42. The van der Waals surface area contributed by atoms with Gasteiger partial charge in [0.15, 0.2) is 0 Å². The Kier molecular flexibility index (Phi) is 3.68. The number of benzene rings is 1. The second-order valence-corrected chi connectivity index (χ2v) is 6.60. The molecule has 2 aliphatic rings. The zero-order valence-electron chi connectivity index (χ0n) is 12.4. The monoisotopic (exact) mass is 272 g/mol. The molecule has 1 aromatic rings. The van der Waals surface area contributed by atoms with Gasteiger partial charge in [-0.2, -0.15) is 0 Å². The molecule has 3 heteroatoms. The average Bonchev–Trinajstić information content (AvgIpc) is 3.00. The highest BCUT2D eigenvalue weighted by atomic mass is 16.2. The topological polar surface area (TPSA) is 41.1 Å². The number of urea groups is 1. The van der Waals surface area contributed by atoms with E-state index in [2.05, 4.69) is 17.6 Å². The third kappa shape index (κ3) is 2.82. The third-order valence-corrected chi connectivity index (χ3v) is 5.07. The first-order chi connectivity index (χ1) is 9.61. The van der Waals surface area contributed by atoms with Gasteiger partial charge in [0, 0.05) is 11.7 Å². The molecular formula is C17H24N2O. The molecule has 2 bridgehead atoms. The van der Waals surface area contributed by atoms with Crippen molar-refractivity contribution in [3.8, 4) is 0 Å². The Morgan fingerprint density at radius 2 is 2.15 bits per heavy atom. The molecule has 0 spiro atoms. The highest BCUT2D eigenvalue weighted by Crippen LogP contribution is 2.49. The van der Waals surface area contributed by atoms with Crippen molar-refractivity contribution in [2.24, 2.45) is 17.8 Å². The van der Waals surface area contributed by atoms with Crippen LogP contribution in [0.1, 0.15) is 38.2 Å². The molecule has 0 aromatic heterocycles. The van der Waals surface area contributed by atoms with Crippen LogP contribution in [0.3, 0.4) is 0 Å². The molecule has 2 amide bonds. The van der Waals surface area contributed by atoms with E-state index >= 15 is 0 Å². The maximum absolute atomic E-state index is 12.1. The van der Waals surface area contributed by atoms with E-state index < -0.39 is 0 Å². The molecule has 1 aromatic carbocycles. The van der Waals surface area contributed by atoms with Crippen LogP contribution in [0.25, 0.3) is 0 Å². The van der Waals surface area contributed by atoms with Gasteiger partial charge in [-0.3, -0.25) is 0 Å². The van der Waals surface area contributed by atoms with E-state index in [0.29, 0.717) is 5.92 Å². The molecule has 0 heterocycles. The Balaban J connectivity index is 1.53. The molecule has 0 saturated heterocycles. The Bertz CT molecular complexity index is 500. The SMILES string of the molecule is Cc1cccc(NC(=O)N[C@H](C)[C@H]2C[C@H]3CC[C@H]2C3)c1. The number of hydrogen-bond acceptors (Lipinski definition) is 1. The number of fused-ring (bicyclic) bond motifs is 2. The first-order valence-electron chi connectivity index (χ1n) is 7.76. The summed E-state index contributed by atoms with van der Waals surface area (Å²) in [6.07, 6.45) is 5.46. The van der Waals surface area contributed by atoms with Crippen LogP contribution in [0.5, 0.6) is 0 Å². The summed E-state index contributed by atoms with van der Waals surface area (Å²) >= 11 is 0. The summed E-state index contributed by atoms with van der Waals surface area (Å²) in [6, 6.07) is 8.10. The lowest BCUT2D eigenvalue weighted by molar-refractivity contribution is 0.230. The number of nitrogens with one attached hydrogen (secondary N) is 2. The number of carbonyl (C=O) groups excluding carboxylic acids is 1. The Morgan fingerprint density at radius 3 is 2.80 bits per heavy atom. The van der Waals surface area contributed by atoms with Crippen molar-refractivity contribution in [2.75, 3.05) is 5.32 Å². The van der Waals surface area contributed by atoms with E-state index in [4.69, 9.17) is 0 Å². The van der Waals surface area contributed by atoms with Gasteiger partial charge in [0.1, 0.15) is 0 Å². The van der Waals surface area contributed by atoms with Gasteiger partial charge in [0.05, 0.1) is 0 Å². The quantitative estimate of drug-likeness (QED) is 0.859. The second-order valence-electron chi connectivity index (χ2n) is 6.60. The number of aryl methyl sites for hydroxylation is 1. The maximum atomic E-state index is 12.1. The molecule has 2 saturated carbocycles. The smallest absolute Gasteiger partial charge is 0.319 e. The van der Waals surface area contributed by atoms with Crippen LogP contribution in [-0.2, 0) is 0 Å². The predicted octanol–water partition coefficient (Wildman–Crippen LogP) is 3.94. The minimum Gasteiger partial charge on any atom is -0.335 e. The van der Waals surface area contributed by atoms with Crippen LogP contribution in [0.4, 0.5) is 10.5 Å². The molecule has 0 aliphatic heterocycles. The number of hydrogen-bond donors (Lipinski definition) is 2. The zero-order chi connectivity index (χ0) is 14.1. The highest BCUT2D eigenvalue weighted by Gasteiger charge is 2.42. The van der Waals surface area contributed by atoms with Gasteiger partial charge in [0.2, 0.25) is 0 Å². The lowest BCUT2D eigenvalue weighted by Gasteiger charge is -2.28. The summed E-state index contributed by atoms with van der Waals surface area (Å²) in [5.74, 6) is 2.44. The van der Waals surface area contributed by atoms with E-state index in [1.54, 1.807) is 0 Å². The number of anilines is 1. The summed E-state index contributed by atoms with van der Waals surface area (Å²) in [5.41, 5.74) is 2.02. The van der Waals surface area contributed by atoms with Crippen LogP contribution >= 0.6 is 0 Å². The van der Waals surface area contributed by atoms with Gasteiger partial charge in [0.25, 0.3) is 0 Å². The lowest BCUT2D eigenvalue weighted by atomic mass is 9.84. The summed E-state index contributed by atoms with van der Waals surface area (Å²) in [6.45, 7) is 4.18. The first-order valence-corrected chi connectivity index (χ1v) is 7.76.